The highest BCUT2D eigenvalue weighted by Gasteiger charge is 2.38. The molecule has 7 nitrogen and oxygen atoms in total. The molecule has 32 heavy (non-hydrogen) atoms. The second-order valence-electron chi connectivity index (χ2n) is 8.62. The van der Waals surface area contributed by atoms with Crippen molar-refractivity contribution in [2.75, 3.05) is 12.4 Å². The number of piperidine rings is 1. The first-order chi connectivity index (χ1) is 15.6. The van der Waals surface area contributed by atoms with Gasteiger partial charge in [0, 0.05) is 36.1 Å². The standard InChI is InChI=1S/C23H22ClFN6O/c1-30-15-3-4-16(30)12-14(11-15)27-22-26-7-6-19(28-22)21-20(29-23-31(21)8-9-32-23)17-5-2-13(25)10-18(17)24/h2,5-10,14-16H,3-4,11-12H2,1H3,(H,26,27,28)/t14?,15-,16+. The van der Waals surface area contributed by atoms with E-state index in [2.05, 4.69) is 27.2 Å². The minimum absolute atomic E-state index is 0.279. The molecule has 5 heterocycles. The summed E-state index contributed by atoms with van der Waals surface area (Å²) < 4.78 is 21.0. The maximum absolute atomic E-state index is 13.6. The molecule has 164 valence electrons. The zero-order chi connectivity index (χ0) is 21.8. The van der Waals surface area contributed by atoms with Crippen molar-refractivity contribution in [3.8, 4) is 22.6 Å². The Morgan fingerprint density at radius 3 is 2.75 bits per heavy atom. The van der Waals surface area contributed by atoms with Gasteiger partial charge in [0.05, 0.1) is 10.7 Å². The second-order valence-corrected chi connectivity index (χ2v) is 9.02. The number of rotatable bonds is 4. The molecule has 0 amide bonds. The number of hydrogen-bond donors (Lipinski definition) is 1. The maximum Gasteiger partial charge on any atom is 0.306 e. The normalized spacial score (nSPS) is 23.2. The van der Waals surface area contributed by atoms with Crippen LogP contribution in [0.25, 0.3) is 28.5 Å². The first-order valence-corrected chi connectivity index (χ1v) is 11.2. The van der Waals surface area contributed by atoms with Crippen molar-refractivity contribution in [2.45, 2.75) is 43.8 Å². The van der Waals surface area contributed by atoms with Crippen LogP contribution in [0.4, 0.5) is 10.3 Å². The molecule has 2 aliphatic rings. The number of fused-ring (bicyclic) bond motifs is 3. The van der Waals surface area contributed by atoms with Crippen LogP contribution in [0.2, 0.25) is 5.02 Å². The van der Waals surface area contributed by atoms with Gasteiger partial charge in [-0.1, -0.05) is 11.6 Å². The summed E-state index contributed by atoms with van der Waals surface area (Å²) in [5, 5.41) is 3.83. The van der Waals surface area contributed by atoms with Gasteiger partial charge in [0.2, 0.25) is 5.95 Å². The Morgan fingerprint density at radius 2 is 1.97 bits per heavy atom. The zero-order valence-electron chi connectivity index (χ0n) is 17.5. The van der Waals surface area contributed by atoms with Gasteiger partial charge < -0.3 is 14.6 Å². The van der Waals surface area contributed by atoms with Crippen molar-refractivity contribution < 1.29 is 8.81 Å². The van der Waals surface area contributed by atoms with Gasteiger partial charge in [-0.15, -0.1) is 0 Å². The molecule has 0 aliphatic carbocycles. The minimum atomic E-state index is -0.399. The van der Waals surface area contributed by atoms with Crippen LogP contribution in [0.15, 0.2) is 47.3 Å². The summed E-state index contributed by atoms with van der Waals surface area (Å²) in [7, 11) is 2.23. The lowest BCUT2D eigenvalue weighted by Crippen LogP contribution is -2.44. The third-order valence-corrected chi connectivity index (χ3v) is 7.09. The number of aromatic nitrogens is 4. The van der Waals surface area contributed by atoms with E-state index in [0.29, 0.717) is 46.9 Å². The SMILES string of the molecule is CN1[C@@H]2CC[C@H]1CC(Nc1nccc(-c3c(-c4ccc(F)cc4Cl)nc4occn34)n1)C2. The van der Waals surface area contributed by atoms with Gasteiger partial charge in [-0.3, -0.25) is 4.40 Å². The first kappa shape index (κ1) is 19.7. The van der Waals surface area contributed by atoms with Gasteiger partial charge in [-0.25, -0.2) is 14.4 Å². The largest absolute Gasteiger partial charge is 0.432 e. The van der Waals surface area contributed by atoms with E-state index in [4.69, 9.17) is 21.0 Å². The van der Waals surface area contributed by atoms with Crippen LogP contribution in [0.1, 0.15) is 25.7 Å². The van der Waals surface area contributed by atoms with Crippen molar-refractivity contribution >= 4 is 23.4 Å². The molecule has 1 N–H and O–H groups in total. The van der Waals surface area contributed by atoms with Gasteiger partial charge in [0.25, 0.3) is 0 Å². The number of oxazole rings is 1. The third kappa shape index (κ3) is 3.25. The highest BCUT2D eigenvalue weighted by molar-refractivity contribution is 6.33. The molecule has 0 saturated carbocycles. The lowest BCUT2D eigenvalue weighted by atomic mass is 9.98. The third-order valence-electron chi connectivity index (χ3n) is 6.78. The van der Waals surface area contributed by atoms with E-state index in [9.17, 15) is 4.39 Å². The molecule has 3 aromatic heterocycles. The molecule has 4 aromatic rings. The predicted molar refractivity (Wildman–Crippen MR) is 120 cm³/mol. The molecule has 0 spiro atoms. The van der Waals surface area contributed by atoms with Crippen LogP contribution in [0.5, 0.6) is 0 Å². The molecule has 2 fully saturated rings. The average Bonchev–Trinajstić information content (AvgIpc) is 3.40. The summed E-state index contributed by atoms with van der Waals surface area (Å²) >= 11 is 6.35. The number of halogens is 2. The molecule has 1 aromatic carbocycles. The van der Waals surface area contributed by atoms with Crippen molar-refractivity contribution in [1.29, 1.82) is 0 Å². The second kappa shape index (κ2) is 7.56. The van der Waals surface area contributed by atoms with Crippen molar-refractivity contribution in [1.82, 2.24) is 24.3 Å². The van der Waals surface area contributed by atoms with E-state index in [1.807, 2.05) is 10.5 Å². The Bertz CT molecular complexity index is 1290. The topological polar surface area (TPSA) is 71.5 Å². The fourth-order valence-corrected chi connectivity index (χ4v) is 5.43. The van der Waals surface area contributed by atoms with E-state index in [0.717, 1.165) is 18.5 Å². The van der Waals surface area contributed by atoms with Crippen LogP contribution in [-0.2, 0) is 0 Å². The minimum Gasteiger partial charge on any atom is -0.432 e. The van der Waals surface area contributed by atoms with Crippen LogP contribution >= 0.6 is 11.6 Å². The first-order valence-electron chi connectivity index (χ1n) is 10.8. The van der Waals surface area contributed by atoms with E-state index in [1.54, 1.807) is 24.7 Å². The number of hydrogen-bond acceptors (Lipinski definition) is 6. The highest BCUT2D eigenvalue weighted by Crippen LogP contribution is 2.37. The number of nitrogens with zero attached hydrogens (tertiary/aromatic N) is 5. The van der Waals surface area contributed by atoms with Gasteiger partial charge in [0.15, 0.2) is 0 Å². The van der Waals surface area contributed by atoms with Crippen molar-refractivity contribution in [3.63, 3.8) is 0 Å². The van der Waals surface area contributed by atoms with Gasteiger partial charge >= 0.3 is 5.84 Å². The smallest absolute Gasteiger partial charge is 0.306 e. The summed E-state index contributed by atoms with van der Waals surface area (Å²) in [4.78, 5) is 16.4. The summed E-state index contributed by atoms with van der Waals surface area (Å²) in [5.74, 6) is 0.602. The van der Waals surface area contributed by atoms with Crippen LogP contribution in [0, 0.1) is 5.82 Å². The molecule has 3 atom stereocenters. The van der Waals surface area contributed by atoms with E-state index in [-0.39, 0.29) is 5.02 Å². The lowest BCUT2D eigenvalue weighted by molar-refractivity contribution is 0.168. The summed E-state index contributed by atoms with van der Waals surface area (Å²) in [6.07, 6.45) is 9.79. The summed E-state index contributed by atoms with van der Waals surface area (Å²) in [5.41, 5.74) is 2.59. The van der Waals surface area contributed by atoms with Crippen LogP contribution in [-0.4, -0.2) is 49.4 Å². The molecule has 2 saturated heterocycles. The molecule has 2 bridgehead atoms. The Morgan fingerprint density at radius 1 is 1.16 bits per heavy atom. The van der Waals surface area contributed by atoms with Crippen LogP contribution < -0.4 is 5.32 Å². The molecule has 1 unspecified atom stereocenters. The molecule has 0 radical (unpaired) electrons. The number of imidazole rings is 1. The highest BCUT2D eigenvalue weighted by atomic mass is 35.5. The zero-order valence-corrected chi connectivity index (χ0v) is 18.3. The molecule has 2 aliphatic heterocycles. The Labute approximate surface area is 189 Å². The van der Waals surface area contributed by atoms with Gasteiger partial charge in [-0.05, 0) is 57.0 Å². The quantitative estimate of drug-likeness (QED) is 0.475. The lowest BCUT2D eigenvalue weighted by Gasteiger charge is -2.36. The van der Waals surface area contributed by atoms with Crippen LogP contribution in [0.3, 0.4) is 0 Å². The molecule has 6 rings (SSSR count). The predicted octanol–water partition coefficient (Wildman–Crippen LogP) is 4.88. The number of nitrogens with one attached hydrogen (secondary N) is 1. The van der Waals surface area contributed by atoms with Crippen molar-refractivity contribution in [2.24, 2.45) is 0 Å². The maximum atomic E-state index is 13.6. The fourth-order valence-electron chi connectivity index (χ4n) is 5.17. The number of anilines is 1. The van der Waals surface area contributed by atoms with Crippen molar-refractivity contribution in [3.05, 3.63) is 53.8 Å². The van der Waals surface area contributed by atoms with Gasteiger partial charge in [-0.2, -0.15) is 4.98 Å². The average molecular weight is 453 g/mol. The summed E-state index contributed by atoms with van der Waals surface area (Å²) in [6.45, 7) is 0. The Kier molecular flexibility index (Phi) is 4.66. The van der Waals surface area contributed by atoms with Gasteiger partial charge in [0.1, 0.15) is 23.5 Å². The monoisotopic (exact) mass is 452 g/mol. The molecular weight excluding hydrogens is 431 g/mol. The molecular formula is C23H22ClFN6O. The molecule has 9 heteroatoms. The number of benzene rings is 1. The van der Waals surface area contributed by atoms with E-state index < -0.39 is 5.82 Å². The van der Waals surface area contributed by atoms with E-state index in [1.165, 1.54) is 25.0 Å². The Balaban J connectivity index is 1.38. The summed E-state index contributed by atoms with van der Waals surface area (Å²) in [6, 6.07) is 7.71. The Hall–Kier alpha value is -2.97. The van der Waals surface area contributed by atoms with E-state index >= 15 is 0 Å². The fraction of sp³-hybridized carbons (Fsp3) is 0.348.